The second kappa shape index (κ2) is 7.26. The molecule has 0 amide bonds. The first kappa shape index (κ1) is 14.8. The smallest absolute Gasteiger partial charge is 0.284 e. The van der Waals surface area contributed by atoms with Gasteiger partial charge >= 0.3 is 0 Å². The lowest BCUT2D eigenvalue weighted by molar-refractivity contribution is 0.251. The summed E-state index contributed by atoms with van der Waals surface area (Å²) in [6.45, 7) is 3.95. The highest BCUT2D eigenvalue weighted by Gasteiger charge is 2.18. The summed E-state index contributed by atoms with van der Waals surface area (Å²) in [6, 6.07) is 3.63. The van der Waals surface area contributed by atoms with Crippen molar-refractivity contribution in [2.24, 2.45) is 5.92 Å². The van der Waals surface area contributed by atoms with E-state index < -0.39 is 5.76 Å². The van der Waals surface area contributed by atoms with Crippen molar-refractivity contribution in [3.8, 4) is 0 Å². The molecule has 1 N–H and O–H groups in total. The van der Waals surface area contributed by atoms with Gasteiger partial charge < -0.3 is 14.6 Å². The number of nitrogens with one attached hydrogen (secondary N) is 1. The van der Waals surface area contributed by atoms with Gasteiger partial charge in [-0.25, -0.2) is 0 Å². The Bertz CT molecular complexity index is 386. The zero-order valence-corrected chi connectivity index (χ0v) is 11.9. The van der Waals surface area contributed by atoms with Crippen molar-refractivity contribution in [1.82, 2.24) is 10.2 Å². The molecule has 108 valence electrons. The Morgan fingerprint density at radius 3 is 2.95 bits per heavy atom. The van der Waals surface area contributed by atoms with Crippen molar-refractivity contribution in [3.63, 3.8) is 0 Å². The monoisotopic (exact) mass is 290 g/mol. The van der Waals surface area contributed by atoms with Crippen molar-refractivity contribution in [1.29, 1.82) is 0 Å². The highest BCUT2D eigenvalue weighted by atomic mass is 32.2. The van der Waals surface area contributed by atoms with E-state index in [9.17, 15) is 8.78 Å². The summed E-state index contributed by atoms with van der Waals surface area (Å²) in [7, 11) is 2.14. The van der Waals surface area contributed by atoms with Crippen LogP contribution in [-0.4, -0.2) is 37.3 Å². The molecule has 0 aromatic carbocycles. The Balaban J connectivity index is 1.65. The van der Waals surface area contributed by atoms with Crippen LogP contribution in [0.25, 0.3) is 0 Å². The van der Waals surface area contributed by atoms with Crippen LogP contribution in [0.3, 0.4) is 0 Å². The van der Waals surface area contributed by atoms with E-state index in [4.69, 9.17) is 4.42 Å². The summed E-state index contributed by atoms with van der Waals surface area (Å²) < 4.78 is 29.6. The minimum Gasteiger partial charge on any atom is -0.464 e. The largest absolute Gasteiger partial charge is 0.464 e. The molecule has 19 heavy (non-hydrogen) atoms. The lowest BCUT2D eigenvalue weighted by atomic mass is 10.1. The highest BCUT2D eigenvalue weighted by molar-refractivity contribution is 7.98. The fourth-order valence-corrected chi connectivity index (χ4v) is 2.78. The van der Waals surface area contributed by atoms with Crippen LogP contribution in [0.15, 0.2) is 16.5 Å². The summed E-state index contributed by atoms with van der Waals surface area (Å²) in [5.41, 5.74) is 0. The van der Waals surface area contributed by atoms with E-state index in [2.05, 4.69) is 17.3 Å². The zero-order chi connectivity index (χ0) is 13.7. The SMILES string of the molecule is CN1CCC(CNCc2ccc(CSC(F)F)o2)C1. The number of furan rings is 1. The summed E-state index contributed by atoms with van der Waals surface area (Å²) >= 11 is 0.589. The molecule has 0 bridgehead atoms. The normalized spacial score (nSPS) is 20.5. The Hall–Kier alpha value is -0.590. The minimum absolute atomic E-state index is 0.227. The third-order valence-electron chi connectivity index (χ3n) is 3.29. The number of thioether (sulfide) groups is 1. The fraction of sp³-hybridized carbons (Fsp3) is 0.692. The number of hydrogen-bond donors (Lipinski definition) is 1. The van der Waals surface area contributed by atoms with Gasteiger partial charge in [0.2, 0.25) is 0 Å². The van der Waals surface area contributed by atoms with Crippen molar-refractivity contribution in [3.05, 3.63) is 23.7 Å². The molecule has 3 nitrogen and oxygen atoms in total. The van der Waals surface area contributed by atoms with Crippen LogP contribution in [0.4, 0.5) is 8.78 Å². The van der Waals surface area contributed by atoms with Gasteiger partial charge in [-0.1, -0.05) is 11.8 Å². The standard InChI is InChI=1S/C13H20F2N2OS/c1-17-5-4-10(8-17)6-16-7-11-2-3-12(18-11)9-19-13(14)15/h2-3,10,13,16H,4-9H2,1H3. The molecule has 0 aliphatic carbocycles. The third kappa shape index (κ3) is 5.12. The number of nitrogens with zero attached hydrogens (tertiary/aromatic N) is 1. The van der Waals surface area contributed by atoms with Gasteiger partial charge in [-0.3, -0.25) is 0 Å². The van der Waals surface area contributed by atoms with Gasteiger partial charge in [0.05, 0.1) is 12.3 Å². The lowest BCUT2D eigenvalue weighted by Gasteiger charge is -2.10. The summed E-state index contributed by atoms with van der Waals surface area (Å²) in [5.74, 6) is 0.0178. The van der Waals surface area contributed by atoms with Crippen LogP contribution in [-0.2, 0) is 12.3 Å². The van der Waals surface area contributed by atoms with Gasteiger partial charge in [-0.05, 0) is 44.6 Å². The van der Waals surface area contributed by atoms with Crippen LogP contribution in [0.1, 0.15) is 17.9 Å². The Kier molecular flexibility index (Phi) is 5.66. The van der Waals surface area contributed by atoms with Crippen LogP contribution in [0, 0.1) is 5.92 Å². The quantitative estimate of drug-likeness (QED) is 0.836. The van der Waals surface area contributed by atoms with Gasteiger partial charge in [0, 0.05) is 6.54 Å². The molecule has 1 atom stereocenters. The van der Waals surface area contributed by atoms with Crippen LogP contribution >= 0.6 is 11.8 Å². The maximum absolute atomic E-state index is 12.0. The molecular formula is C13H20F2N2OS. The molecule has 1 aliphatic heterocycles. The number of halogens is 2. The van der Waals surface area contributed by atoms with Gasteiger partial charge in [0.1, 0.15) is 11.5 Å². The molecule has 1 aromatic rings. The number of alkyl halides is 2. The minimum atomic E-state index is -2.34. The molecule has 2 heterocycles. The third-order valence-corrected chi connectivity index (χ3v) is 3.99. The van der Waals surface area contributed by atoms with Crippen molar-refractivity contribution < 1.29 is 13.2 Å². The Labute approximate surface area is 116 Å². The van der Waals surface area contributed by atoms with E-state index >= 15 is 0 Å². The van der Waals surface area contributed by atoms with Gasteiger partial charge in [0.15, 0.2) is 0 Å². The number of likely N-dealkylation sites (tertiary alicyclic amines) is 1. The predicted molar refractivity (Wildman–Crippen MR) is 73.3 cm³/mol. The summed E-state index contributed by atoms with van der Waals surface area (Å²) in [5, 5.41) is 3.37. The van der Waals surface area contributed by atoms with E-state index in [0.717, 1.165) is 18.8 Å². The molecule has 0 radical (unpaired) electrons. The van der Waals surface area contributed by atoms with Crippen LogP contribution in [0.5, 0.6) is 0 Å². The topological polar surface area (TPSA) is 28.4 Å². The molecule has 6 heteroatoms. The Morgan fingerprint density at radius 2 is 2.26 bits per heavy atom. The average molecular weight is 290 g/mol. The summed E-state index contributed by atoms with van der Waals surface area (Å²) in [6.07, 6.45) is 1.23. The molecule has 1 fully saturated rings. The molecule has 1 aliphatic rings. The van der Waals surface area contributed by atoms with Gasteiger partial charge in [-0.15, -0.1) is 0 Å². The second-order valence-corrected chi connectivity index (χ2v) is 5.97. The number of rotatable bonds is 7. The van der Waals surface area contributed by atoms with E-state index in [1.54, 1.807) is 6.07 Å². The number of hydrogen-bond acceptors (Lipinski definition) is 4. The maximum atomic E-state index is 12.0. The zero-order valence-electron chi connectivity index (χ0n) is 11.1. The molecule has 0 saturated carbocycles. The van der Waals surface area contributed by atoms with E-state index in [1.165, 1.54) is 13.0 Å². The van der Waals surface area contributed by atoms with Gasteiger partial charge in [0.25, 0.3) is 5.76 Å². The van der Waals surface area contributed by atoms with Crippen LogP contribution < -0.4 is 5.32 Å². The average Bonchev–Trinajstić information content (AvgIpc) is 2.96. The van der Waals surface area contributed by atoms with Crippen LogP contribution in [0.2, 0.25) is 0 Å². The van der Waals surface area contributed by atoms with Crippen molar-refractivity contribution in [2.75, 3.05) is 26.7 Å². The first-order valence-electron chi connectivity index (χ1n) is 6.50. The van der Waals surface area contributed by atoms with Crippen molar-refractivity contribution >= 4 is 11.8 Å². The molecular weight excluding hydrogens is 270 g/mol. The molecule has 0 spiro atoms. The maximum Gasteiger partial charge on any atom is 0.284 e. The molecule has 1 unspecified atom stereocenters. The first-order valence-corrected chi connectivity index (χ1v) is 7.55. The first-order chi connectivity index (χ1) is 9.13. The highest BCUT2D eigenvalue weighted by Crippen LogP contribution is 2.21. The predicted octanol–water partition coefficient (Wildman–Crippen LogP) is 2.78. The second-order valence-electron chi connectivity index (χ2n) is 4.99. The van der Waals surface area contributed by atoms with Gasteiger partial charge in [-0.2, -0.15) is 8.78 Å². The molecule has 1 saturated heterocycles. The summed E-state index contributed by atoms with van der Waals surface area (Å²) in [4.78, 5) is 2.33. The fourth-order valence-electron chi connectivity index (χ4n) is 2.33. The van der Waals surface area contributed by atoms with E-state index in [-0.39, 0.29) is 5.75 Å². The molecule has 2 rings (SSSR count). The van der Waals surface area contributed by atoms with E-state index in [0.29, 0.717) is 30.0 Å². The molecule has 1 aromatic heterocycles. The lowest BCUT2D eigenvalue weighted by Crippen LogP contribution is -2.24. The van der Waals surface area contributed by atoms with Crippen molar-refractivity contribution in [2.45, 2.75) is 24.5 Å². The van der Waals surface area contributed by atoms with E-state index in [1.807, 2.05) is 6.07 Å². The Morgan fingerprint density at radius 1 is 1.47 bits per heavy atom.